The van der Waals surface area contributed by atoms with E-state index in [0.29, 0.717) is 13.2 Å². The molecule has 0 fully saturated rings. The Labute approximate surface area is 74.9 Å². The average molecular weight is 262 g/mol. The molecule has 0 aromatic rings. The van der Waals surface area contributed by atoms with Gasteiger partial charge in [0.25, 0.3) is 0 Å². The van der Waals surface area contributed by atoms with Crippen molar-refractivity contribution in [2.75, 3.05) is 13.2 Å². The number of hydrogen-bond acceptors (Lipinski definition) is 2. The summed E-state index contributed by atoms with van der Waals surface area (Å²) in [6.45, 7) is 1.32. The summed E-state index contributed by atoms with van der Waals surface area (Å²) in [5.74, 6) is 1.70. The zero-order valence-electron chi connectivity index (χ0n) is 5.84. The lowest BCUT2D eigenvalue weighted by atomic mass is 10.3. The Morgan fingerprint density at radius 2 is 2.09 bits per heavy atom. The summed E-state index contributed by atoms with van der Waals surface area (Å²) in [6, 6.07) is 0. The molecule has 0 aromatic heterocycles. The first-order chi connectivity index (χ1) is 5.47. The van der Waals surface area contributed by atoms with Crippen LogP contribution in [0, 0.1) is 0 Å². The van der Waals surface area contributed by atoms with Crippen LogP contribution < -0.4 is 0 Å². The van der Waals surface area contributed by atoms with E-state index in [0.717, 1.165) is 11.5 Å². The summed E-state index contributed by atoms with van der Waals surface area (Å²) in [4.78, 5) is 0. The molecule has 0 spiro atoms. The van der Waals surface area contributed by atoms with E-state index >= 15 is 0 Å². The van der Waals surface area contributed by atoms with Gasteiger partial charge in [0.1, 0.15) is 13.2 Å². The first kappa shape index (κ1) is 7.13. The van der Waals surface area contributed by atoms with Crippen LogP contribution in [-0.4, -0.2) is 16.9 Å². The zero-order chi connectivity index (χ0) is 7.52. The number of allylic oxidation sites excluding steroid dienone is 2. The lowest BCUT2D eigenvalue weighted by molar-refractivity contribution is 0.0773. The monoisotopic (exact) mass is 262 g/mol. The van der Waals surface area contributed by atoms with E-state index in [9.17, 15) is 0 Å². The van der Waals surface area contributed by atoms with Crippen molar-refractivity contribution in [1.29, 1.82) is 0 Å². The van der Waals surface area contributed by atoms with E-state index in [2.05, 4.69) is 7.75 Å². The summed E-state index contributed by atoms with van der Waals surface area (Å²) in [5.41, 5.74) is 0. The SMILES string of the molecule is C1=CC2=C(C=CI=1)OCCO2. The van der Waals surface area contributed by atoms with Gasteiger partial charge in [0.15, 0.2) is 11.5 Å². The molecule has 11 heavy (non-hydrogen) atoms. The molecule has 0 saturated heterocycles. The molecular formula is C8H7IO2. The second-order valence-electron chi connectivity index (χ2n) is 2.08. The first-order valence-electron chi connectivity index (χ1n) is 3.34. The minimum Gasteiger partial charge on any atom is -0.486 e. The van der Waals surface area contributed by atoms with Crippen molar-refractivity contribution in [3.8, 4) is 0 Å². The van der Waals surface area contributed by atoms with E-state index in [1.54, 1.807) is 0 Å². The summed E-state index contributed by atoms with van der Waals surface area (Å²) in [6.07, 6.45) is 3.88. The van der Waals surface area contributed by atoms with E-state index in [4.69, 9.17) is 9.47 Å². The van der Waals surface area contributed by atoms with Gasteiger partial charge in [0.05, 0.1) is 0 Å². The molecule has 2 rings (SSSR count). The van der Waals surface area contributed by atoms with Gasteiger partial charge >= 0.3 is 0 Å². The van der Waals surface area contributed by atoms with Gasteiger partial charge in [0.2, 0.25) is 0 Å². The smallest absolute Gasteiger partial charge is 0.169 e. The van der Waals surface area contributed by atoms with E-state index in [1.165, 1.54) is 0 Å². The van der Waals surface area contributed by atoms with Crippen molar-refractivity contribution in [2.24, 2.45) is 0 Å². The van der Waals surface area contributed by atoms with Crippen LogP contribution in [0.3, 0.4) is 0 Å². The molecule has 3 heteroatoms. The molecule has 0 radical (unpaired) electrons. The molecule has 2 aliphatic rings. The summed E-state index contributed by atoms with van der Waals surface area (Å²) < 4.78 is 16.0. The summed E-state index contributed by atoms with van der Waals surface area (Å²) in [7, 11) is 0. The van der Waals surface area contributed by atoms with Crippen molar-refractivity contribution in [1.82, 2.24) is 0 Å². The molecule has 0 amide bonds. The molecule has 0 N–H and O–H groups in total. The number of hydrogen-bond donors (Lipinski definition) is 0. The number of ether oxygens (including phenoxy) is 2. The van der Waals surface area contributed by atoms with Crippen molar-refractivity contribution < 1.29 is 9.47 Å². The molecule has 0 atom stereocenters. The second kappa shape index (κ2) is 3.24. The van der Waals surface area contributed by atoms with Crippen molar-refractivity contribution in [3.63, 3.8) is 0 Å². The van der Waals surface area contributed by atoms with Gasteiger partial charge in [-0.3, -0.25) is 0 Å². The molecule has 0 aromatic carbocycles. The fraction of sp³-hybridized carbons (Fsp3) is 0.250. The van der Waals surface area contributed by atoms with Gasteiger partial charge in [-0.05, 0) is 30.9 Å². The van der Waals surface area contributed by atoms with Gasteiger partial charge in [-0.1, -0.05) is 3.67 Å². The van der Waals surface area contributed by atoms with Crippen LogP contribution in [0.25, 0.3) is 0 Å². The fourth-order valence-corrected chi connectivity index (χ4v) is 2.07. The third-order valence-corrected chi connectivity index (χ3v) is 2.76. The van der Waals surface area contributed by atoms with Crippen LogP contribution in [0.15, 0.2) is 27.8 Å². The molecule has 0 aliphatic carbocycles. The van der Waals surface area contributed by atoms with Crippen molar-refractivity contribution >= 4 is 24.4 Å². The Morgan fingerprint density at radius 1 is 1.27 bits per heavy atom. The highest BCUT2D eigenvalue weighted by molar-refractivity contribution is 14.2. The molecule has 58 valence electrons. The number of rotatable bonds is 0. The minimum absolute atomic E-state index is 0.0394. The largest absolute Gasteiger partial charge is 0.486 e. The predicted molar refractivity (Wildman–Crippen MR) is 51.7 cm³/mol. The molecule has 2 nitrogen and oxygen atoms in total. The van der Waals surface area contributed by atoms with Crippen LogP contribution in [0.5, 0.6) is 0 Å². The molecule has 0 bridgehead atoms. The Morgan fingerprint density at radius 3 is 3.00 bits per heavy atom. The van der Waals surface area contributed by atoms with Gasteiger partial charge in [-0.15, -0.1) is 0 Å². The van der Waals surface area contributed by atoms with Crippen molar-refractivity contribution in [3.05, 3.63) is 27.8 Å². The van der Waals surface area contributed by atoms with Crippen LogP contribution in [-0.2, 0) is 9.47 Å². The third-order valence-electron chi connectivity index (χ3n) is 1.37. The minimum atomic E-state index is -0.0394. The Hall–Kier alpha value is -0.540. The predicted octanol–water partition coefficient (Wildman–Crippen LogP) is 1.70. The van der Waals surface area contributed by atoms with Crippen molar-refractivity contribution in [2.45, 2.75) is 0 Å². The van der Waals surface area contributed by atoms with Crippen LogP contribution in [0.1, 0.15) is 0 Å². The van der Waals surface area contributed by atoms with Crippen LogP contribution in [0.2, 0.25) is 0 Å². The zero-order valence-corrected chi connectivity index (χ0v) is 8.00. The molecule has 2 aliphatic heterocycles. The molecular weight excluding hydrogens is 255 g/mol. The highest BCUT2D eigenvalue weighted by Gasteiger charge is 2.10. The summed E-state index contributed by atoms with van der Waals surface area (Å²) >= 11 is -0.0394. The van der Waals surface area contributed by atoms with Crippen LogP contribution in [0.4, 0.5) is 0 Å². The third kappa shape index (κ3) is 1.54. The quantitative estimate of drug-likeness (QED) is 0.618. The maximum atomic E-state index is 5.38. The Kier molecular flexibility index (Phi) is 2.10. The van der Waals surface area contributed by atoms with Gasteiger partial charge in [-0.25, -0.2) is 0 Å². The van der Waals surface area contributed by atoms with E-state index in [1.807, 2.05) is 12.2 Å². The molecule has 0 saturated carbocycles. The normalized spacial score (nSPS) is 21.1. The van der Waals surface area contributed by atoms with E-state index in [-0.39, 0.29) is 20.7 Å². The van der Waals surface area contributed by atoms with E-state index < -0.39 is 0 Å². The topological polar surface area (TPSA) is 18.5 Å². The maximum Gasteiger partial charge on any atom is 0.169 e. The Balaban J connectivity index is 2.38. The first-order valence-corrected chi connectivity index (χ1v) is 5.67. The lowest BCUT2D eigenvalue weighted by Gasteiger charge is -2.16. The molecule has 2 heterocycles. The maximum absolute atomic E-state index is 5.38. The number of halogens is 1. The van der Waals surface area contributed by atoms with Crippen LogP contribution >= 0.6 is 20.7 Å². The molecule has 0 unspecified atom stereocenters. The fourth-order valence-electron chi connectivity index (χ4n) is 0.895. The highest BCUT2D eigenvalue weighted by atomic mass is 127. The average Bonchev–Trinajstić information content (AvgIpc) is 2.28. The van der Waals surface area contributed by atoms with Gasteiger partial charge < -0.3 is 9.47 Å². The lowest BCUT2D eigenvalue weighted by Crippen LogP contribution is -2.11. The second-order valence-corrected chi connectivity index (χ2v) is 4.05. The van der Waals surface area contributed by atoms with Gasteiger partial charge in [0, 0.05) is 6.08 Å². The van der Waals surface area contributed by atoms with Gasteiger partial charge in [-0.2, -0.15) is 0 Å². The summed E-state index contributed by atoms with van der Waals surface area (Å²) in [5, 5.41) is 0. The standard InChI is InChI=1S/C8H7IO2/c1-3-9-4-2-8-7(1)10-5-6-11-8/h1-3H,5-6H2. The Bertz CT molecular complexity index is 282. The highest BCUT2D eigenvalue weighted by Crippen LogP contribution is 2.18.